The zero-order valence-corrected chi connectivity index (χ0v) is 9.33. The summed E-state index contributed by atoms with van der Waals surface area (Å²) in [6.45, 7) is 0. The highest BCUT2D eigenvalue weighted by Gasteiger charge is 2.05. The molecule has 2 heterocycles. The first kappa shape index (κ1) is 9.77. The van der Waals surface area contributed by atoms with Gasteiger partial charge in [-0.2, -0.15) is 5.10 Å². The van der Waals surface area contributed by atoms with E-state index in [1.165, 1.54) is 0 Å². The highest BCUT2D eigenvalue weighted by atomic mass is 15.3. The second kappa shape index (κ2) is 3.86. The fraction of sp³-hybridized carbons (Fsp3) is 0.0833. The van der Waals surface area contributed by atoms with E-state index >= 15 is 0 Å². The second-order valence-electron chi connectivity index (χ2n) is 3.63. The Morgan fingerprint density at radius 1 is 1.12 bits per heavy atom. The molecule has 5 nitrogen and oxygen atoms in total. The van der Waals surface area contributed by atoms with Crippen molar-refractivity contribution in [2.24, 2.45) is 0 Å². The third-order valence-corrected chi connectivity index (χ3v) is 2.57. The van der Waals surface area contributed by atoms with Crippen LogP contribution in [0.15, 0.2) is 42.9 Å². The fourth-order valence-corrected chi connectivity index (χ4v) is 1.73. The van der Waals surface area contributed by atoms with E-state index in [1.807, 2.05) is 37.5 Å². The number of rotatable bonds is 2. The van der Waals surface area contributed by atoms with Crippen LogP contribution in [0.5, 0.6) is 0 Å². The molecule has 0 spiro atoms. The van der Waals surface area contributed by atoms with Gasteiger partial charge < -0.3 is 5.32 Å². The van der Waals surface area contributed by atoms with Gasteiger partial charge in [0, 0.05) is 12.4 Å². The Morgan fingerprint density at radius 2 is 2.00 bits per heavy atom. The molecule has 1 aromatic carbocycles. The van der Waals surface area contributed by atoms with E-state index in [0.29, 0.717) is 5.82 Å². The Morgan fingerprint density at radius 3 is 2.88 bits per heavy atom. The summed E-state index contributed by atoms with van der Waals surface area (Å²) in [4.78, 5) is 8.54. The standard InChI is InChI=1S/C12H11N5/c1-13-11-7-14-8-12(16-11)17-10-5-3-2-4-9(10)6-15-17/h2-8H,1H3,(H,13,16). The number of benzene rings is 1. The maximum Gasteiger partial charge on any atom is 0.174 e. The number of fused-ring (bicyclic) bond motifs is 1. The largest absolute Gasteiger partial charge is 0.372 e. The summed E-state index contributed by atoms with van der Waals surface area (Å²) in [6, 6.07) is 8.00. The van der Waals surface area contributed by atoms with Gasteiger partial charge in [-0.25, -0.2) is 9.67 Å². The SMILES string of the molecule is CNc1cncc(-n2ncc3ccccc32)n1. The van der Waals surface area contributed by atoms with E-state index in [1.54, 1.807) is 17.1 Å². The van der Waals surface area contributed by atoms with E-state index < -0.39 is 0 Å². The van der Waals surface area contributed by atoms with Crippen LogP contribution in [-0.2, 0) is 0 Å². The predicted octanol–water partition coefficient (Wildman–Crippen LogP) is 1.86. The molecule has 2 aromatic heterocycles. The van der Waals surface area contributed by atoms with Crippen LogP contribution in [0.1, 0.15) is 0 Å². The van der Waals surface area contributed by atoms with Crippen molar-refractivity contribution >= 4 is 16.7 Å². The van der Waals surface area contributed by atoms with Gasteiger partial charge >= 0.3 is 0 Å². The van der Waals surface area contributed by atoms with Crippen LogP contribution in [0, 0.1) is 0 Å². The molecule has 1 N–H and O–H groups in total. The first-order chi connectivity index (χ1) is 8.38. The Hall–Kier alpha value is -2.43. The summed E-state index contributed by atoms with van der Waals surface area (Å²) in [5.74, 6) is 1.43. The molecule has 84 valence electrons. The lowest BCUT2D eigenvalue weighted by Crippen LogP contribution is -2.02. The summed E-state index contributed by atoms with van der Waals surface area (Å²) in [7, 11) is 1.81. The Kier molecular flexibility index (Phi) is 2.22. The lowest BCUT2D eigenvalue weighted by molar-refractivity contribution is 0.865. The molecule has 0 radical (unpaired) electrons. The minimum Gasteiger partial charge on any atom is -0.372 e. The molecular weight excluding hydrogens is 214 g/mol. The van der Waals surface area contributed by atoms with Gasteiger partial charge in [0.2, 0.25) is 0 Å². The third-order valence-electron chi connectivity index (χ3n) is 2.57. The number of para-hydroxylation sites is 1. The summed E-state index contributed by atoms with van der Waals surface area (Å²) in [6.07, 6.45) is 5.19. The number of hydrogen-bond acceptors (Lipinski definition) is 4. The smallest absolute Gasteiger partial charge is 0.174 e. The van der Waals surface area contributed by atoms with Gasteiger partial charge in [-0.05, 0) is 6.07 Å². The molecule has 3 aromatic rings. The predicted molar refractivity (Wildman–Crippen MR) is 66.2 cm³/mol. The van der Waals surface area contributed by atoms with Crippen LogP contribution in [0.2, 0.25) is 0 Å². The number of nitrogens with zero attached hydrogens (tertiary/aromatic N) is 4. The number of hydrogen-bond donors (Lipinski definition) is 1. The van der Waals surface area contributed by atoms with E-state index in [4.69, 9.17) is 0 Å². The Bertz CT molecular complexity index is 659. The fourth-order valence-electron chi connectivity index (χ4n) is 1.73. The summed E-state index contributed by atoms with van der Waals surface area (Å²) in [5.41, 5.74) is 1.02. The Balaban J connectivity index is 2.20. The molecular formula is C12H11N5. The normalized spacial score (nSPS) is 10.6. The second-order valence-corrected chi connectivity index (χ2v) is 3.63. The summed E-state index contributed by atoms with van der Waals surface area (Å²) in [5, 5.41) is 8.38. The van der Waals surface area contributed by atoms with E-state index in [-0.39, 0.29) is 0 Å². The number of anilines is 1. The molecule has 0 fully saturated rings. The van der Waals surface area contributed by atoms with Crippen molar-refractivity contribution < 1.29 is 0 Å². The highest BCUT2D eigenvalue weighted by molar-refractivity contribution is 5.79. The minimum atomic E-state index is 0.707. The lowest BCUT2D eigenvalue weighted by atomic mass is 10.3. The molecule has 0 saturated carbocycles. The molecule has 0 amide bonds. The van der Waals surface area contributed by atoms with Crippen molar-refractivity contribution in [3.63, 3.8) is 0 Å². The highest BCUT2D eigenvalue weighted by Crippen LogP contribution is 2.16. The average Bonchev–Trinajstić information content (AvgIpc) is 2.82. The number of aromatic nitrogens is 4. The van der Waals surface area contributed by atoms with E-state index in [0.717, 1.165) is 16.7 Å². The number of nitrogens with one attached hydrogen (secondary N) is 1. The van der Waals surface area contributed by atoms with Crippen molar-refractivity contribution in [3.05, 3.63) is 42.9 Å². The average molecular weight is 225 g/mol. The van der Waals surface area contributed by atoms with Gasteiger partial charge in [0.15, 0.2) is 5.82 Å². The maximum atomic E-state index is 4.41. The van der Waals surface area contributed by atoms with E-state index in [2.05, 4.69) is 20.4 Å². The lowest BCUT2D eigenvalue weighted by Gasteiger charge is -2.04. The van der Waals surface area contributed by atoms with Crippen molar-refractivity contribution in [3.8, 4) is 5.82 Å². The minimum absolute atomic E-state index is 0.707. The molecule has 0 aliphatic carbocycles. The van der Waals surface area contributed by atoms with Gasteiger partial charge in [0.05, 0.1) is 24.1 Å². The van der Waals surface area contributed by atoms with Crippen molar-refractivity contribution in [2.75, 3.05) is 12.4 Å². The zero-order valence-electron chi connectivity index (χ0n) is 9.33. The van der Waals surface area contributed by atoms with Gasteiger partial charge in [-0.1, -0.05) is 18.2 Å². The monoisotopic (exact) mass is 225 g/mol. The maximum absolute atomic E-state index is 4.41. The van der Waals surface area contributed by atoms with Crippen LogP contribution >= 0.6 is 0 Å². The molecule has 0 aliphatic rings. The molecule has 0 saturated heterocycles. The van der Waals surface area contributed by atoms with Crippen LogP contribution in [-0.4, -0.2) is 26.8 Å². The van der Waals surface area contributed by atoms with Crippen molar-refractivity contribution in [1.82, 2.24) is 19.7 Å². The first-order valence-electron chi connectivity index (χ1n) is 5.31. The van der Waals surface area contributed by atoms with Crippen LogP contribution < -0.4 is 5.32 Å². The van der Waals surface area contributed by atoms with Crippen molar-refractivity contribution in [2.45, 2.75) is 0 Å². The van der Waals surface area contributed by atoms with Crippen LogP contribution in [0.3, 0.4) is 0 Å². The topological polar surface area (TPSA) is 55.6 Å². The van der Waals surface area contributed by atoms with Gasteiger partial charge in [0.25, 0.3) is 0 Å². The van der Waals surface area contributed by atoms with Crippen molar-refractivity contribution in [1.29, 1.82) is 0 Å². The van der Waals surface area contributed by atoms with Gasteiger partial charge in [0.1, 0.15) is 5.82 Å². The summed E-state index contributed by atoms with van der Waals surface area (Å²) >= 11 is 0. The zero-order chi connectivity index (χ0) is 11.7. The van der Waals surface area contributed by atoms with Gasteiger partial charge in [-0.15, -0.1) is 0 Å². The Labute approximate surface area is 98.1 Å². The third kappa shape index (κ3) is 1.61. The molecule has 0 bridgehead atoms. The van der Waals surface area contributed by atoms with Gasteiger partial charge in [-0.3, -0.25) is 4.98 Å². The first-order valence-corrected chi connectivity index (χ1v) is 5.31. The van der Waals surface area contributed by atoms with E-state index in [9.17, 15) is 0 Å². The molecule has 0 aliphatic heterocycles. The van der Waals surface area contributed by atoms with Crippen LogP contribution in [0.4, 0.5) is 5.82 Å². The van der Waals surface area contributed by atoms with Crippen LogP contribution in [0.25, 0.3) is 16.7 Å². The molecule has 3 rings (SSSR count). The quantitative estimate of drug-likeness (QED) is 0.723. The summed E-state index contributed by atoms with van der Waals surface area (Å²) < 4.78 is 1.78. The molecule has 0 unspecified atom stereocenters. The molecule has 17 heavy (non-hydrogen) atoms. The molecule has 5 heteroatoms. The molecule has 0 atom stereocenters.